The van der Waals surface area contributed by atoms with E-state index in [-0.39, 0.29) is 12.1 Å². The first kappa shape index (κ1) is 10.9. The Hall–Kier alpha value is -1.58. The van der Waals surface area contributed by atoms with Crippen LogP contribution in [0.15, 0.2) is 12.1 Å². The second kappa shape index (κ2) is 4.12. The molecule has 16 heavy (non-hydrogen) atoms. The van der Waals surface area contributed by atoms with Gasteiger partial charge in [0.2, 0.25) is 0 Å². The molecule has 0 fully saturated rings. The fourth-order valence-corrected chi connectivity index (χ4v) is 2.16. The molecule has 86 valence electrons. The maximum atomic E-state index is 11.5. The van der Waals surface area contributed by atoms with Crippen molar-refractivity contribution < 1.29 is 9.53 Å². The van der Waals surface area contributed by atoms with Crippen LogP contribution in [0.3, 0.4) is 0 Å². The molecule has 1 amide bonds. The highest BCUT2D eigenvalue weighted by molar-refractivity contribution is 5.68. The molecule has 1 aliphatic heterocycles. The van der Waals surface area contributed by atoms with Gasteiger partial charge in [0, 0.05) is 24.4 Å². The summed E-state index contributed by atoms with van der Waals surface area (Å²) in [5.74, 6) is 0. The number of carbonyl (C=O) groups excluding carboxylic acids is 1. The van der Waals surface area contributed by atoms with Gasteiger partial charge < -0.3 is 9.64 Å². The molecule has 1 aromatic heterocycles. The van der Waals surface area contributed by atoms with Crippen molar-refractivity contribution in [2.45, 2.75) is 26.3 Å². The van der Waals surface area contributed by atoms with Crippen molar-refractivity contribution in [3.63, 3.8) is 0 Å². The molecule has 1 unspecified atom stereocenters. The summed E-state index contributed by atoms with van der Waals surface area (Å²) in [7, 11) is 1.41. The molecular weight excluding hydrogens is 204 g/mol. The molecule has 1 aliphatic rings. The van der Waals surface area contributed by atoms with E-state index < -0.39 is 0 Å². The summed E-state index contributed by atoms with van der Waals surface area (Å²) in [4.78, 5) is 17.8. The highest BCUT2D eigenvalue weighted by atomic mass is 16.5. The topological polar surface area (TPSA) is 42.4 Å². The summed E-state index contributed by atoms with van der Waals surface area (Å²) in [6.07, 6.45) is 0.537. The molecule has 0 saturated carbocycles. The van der Waals surface area contributed by atoms with Crippen LogP contribution in [0.2, 0.25) is 0 Å². The Morgan fingerprint density at radius 1 is 1.56 bits per heavy atom. The Morgan fingerprint density at radius 2 is 2.31 bits per heavy atom. The van der Waals surface area contributed by atoms with Crippen LogP contribution < -0.4 is 0 Å². The Kier molecular flexibility index (Phi) is 2.81. The van der Waals surface area contributed by atoms with Crippen molar-refractivity contribution in [3.05, 3.63) is 29.1 Å². The zero-order valence-electron chi connectivity index (χ0n) is 9.86. The van der Waals surface area contributed by atoms with Gasteiger partial charge in [0.05, 0.1) is 13.2 Å². The quantitative estimate of drug-likeness (QED) is 0.672. The van der Waals surface area contributed by atoms with Gasteiger partial charge in [0.1, 0.15) is 0 Å². The molecule has 2 heterocycles. The Morgan fingerprint density at radius 3 is 3.00 bits per heavy atom. The lowest BCUT2D eigenvalue weighted by Gasteiger charge is -2.33. The number of amides is 1. The van der Waals surface area contributed by atoms with Crippen LogP contribution in [0.5, 0.6) is 0 Å². The summed E-state index contributed by atoms with van der Waals surface area (Å²) >= 11 is 0. The van der Waals surface area contributed by atoms with Crippen LogP contribution in [0.4, 0.5) is 4.79 Å². The fourth-order valence-electron chi connectivity index (χ4n) is 2.16. The first-order valence-electron chi connectivity index (χ1n) is 5.44. The van der Waals surface area contributed by atoms with Crippen LogP contribution in [0.1, 0.15) is 29.9 Å². The highest BCUT2D eigenvalue weighted by Gasteiger charge is 2.28. The number of fused-ring (bicyclic) bond motifs is 1. The van der Waals surface area contributed by atoms with Gasteiger partial charge in [0.25, 0.3) is 0 Å². The number of methoxy groups -OCH3 is 1. The SMILES string of the molecule is COC(=O)N1CCc2nc(C)ccc2C1C. The van der Waals surface area contributed by atoms with Crippen LogP contribution in [0, 0.1) is 6.92 Å². The maximum Gasteiger partial charge on any atom is 0.409 e. The first-order chi connectivity index (χ1) is 7.63. The third-order valence-corrected chi connectivity index (χ3v) is 3.06. The number of rotatable bonds is 0. The van der Waals surface area contributed by atoms with Crippen molar-refractivity contribution in [1.82, 2.24) is 9.88 Å². The predicted molar refractivity (Wildman–Crippen MR) is 60.2 cm³/mol. The zero-order chi connectivity index (χ0) is 11.7. The van der Waals surface area contributed by atoms with Crippen molar-refractivity contribution in [1.29, 1.82) is 0 Å². The number of pyridine rings is 1. The number of aromatic nitrogens is 1. The molecule has 4 nitrogen and oxygen atoms in total. The van der Waals surface area contributed by atoms with Gasteiger partial charge in [-0.2, -0.15) is 0 Å². The number of carbonyl (C=O) groups is 1. The van der Waals surface area contributed by atoms with Gasteiger partial charge in [0.15, 0.2) is 0 Å². The van der Waals surface area contributed by atoms with Crippen molar-refractivity contribution in [2.24, 2.45) is 0 Å². The number of nitrogens with zero attached hydrogens (tertiary/aromatic N) is 2. The number of hydrogen-bond acceptors (Lipinski definition) is 3. The fraction of sp³-hybridized carbons (Fsp3) is 0.500. The summed E-state index contributed by atoms with van der Waals surface area (Å²) in [6, 6.07) is 4.08. The normalized spacial score (nSPS) is 19.2. The van der Waals surface area contributed by atoms with Crippen LogP contribution >= 0.6 is 0 Å². The van der Waals surface area contributed by atoms with Gasteiger partial charge in [-0.25, -0.2) is 4.79 Å². The van der Waals surface area contributed by atoms with Crippen LogP contribution in [0.25, 0.3) is 0 Å². The smallest absolute Gasteiger partial charge is 0.409 e. The largest absolute Gasteiger partial charge is 0.453 e. The lowest BCUT2D eigenvalue weighted by molar-refractivity contribution is 0.104. The molecule has 0 aliphatic carbocycles. The average molecular weight is 220 g/mol. The van der Waals surface area contributed by atoms with Crippen LogP contribution in [-0.4, -0.2) is 29.6 Å². The minimum Gasteiger partial charge on any atom is -0.453 e. The zero-order valence-corrected chi connectivity index (χ0v) is 9.86. The minimum absolute atomic E-state index is 0.0456. The lowest BCUT2D eigenvalue weighted by Crippen LogP contribution is -2.39. The van der Waals surface area contributed by atoms with E-state index in [1.165, 1.54) is 7.11 Å². The first-order valence-corrected chi connectivity index (χ1v) is 5.44. The van der Waals surface area contributed by atoms with E-state index in [9.17, 15) is 4.79 Å². The van der Waals surface area contributed by atoms with E-state index in [4.69, 9.17) is 4.74 Å². The maximum absolute atomic E-state index is 11.5. The van der Waals surface area contributed by atoms with E-state index >= 15 is 0 Å². The van der Waals surface area contributed by atoms with E-state index in [0.717, 1.165) is 23.4 Å². The van der Waals surface area contributed by atoms with E-state index in [2.05, 4.69) is 11.1 Å². The van der Waals surface area contributed by atoms with Crippen molar-refractivity contribution >= 4 is 6.09 Å². The monoisotopic (exact) mass is 220 g/mol. The summed E-state index contributed by atoms with van der Waals surface area (Å²) < 4.78 is 4.77. The number of ether oxygens (including phenoxy) is 1. The molecule has 0 radical (unpaired) electrons. The van der Waals surface area contributed by atoms with Gasteiger partial charge >= 0.3 is 6.09 Å². The Labute approximate surface area is 95.2 Å². The lowest BCUT2D eigenvalue weighted by atomic mass is 9.98. The molecule has 2 rings (SSSR count). The van der Waals surface area contributed by atoms with Crippen molar-refractivity contribution in [2.75, 3.05) is 13.7 Å². The average Bonchev–Trinajstić information content (AvgIpc) is 2.28. The molecule has 4 heteroatoms. The van der Waals surface area contributed by atoms with Gasteiger partial charge in [-0.1, -0.05) is 6.07 Å². The van der Waals surface area contributed by atoms with Gasteiger partial charge in [-0.3, -0.25) is 4.98 Å². The molecule has 1 aromatic rings. The molecule has 0 N–H and O–H groups in total. The molecule has 1 atom stereocenters. The number of aryl methyl sites for hydroxylation is 1. The highest BCUT2D eigenvalue weighted by Crippen LogP contribution is 2.28. The Balaban J connectivity index is 2.32. The Bertz CT molecular complexity index is 417. The predicted octanol–water partition coefficient (Wildman–Crippen LogP) is 2.08. The third-order valence-electron chi connectivity index (χ3n) is 3.06. The summed E-state index contributed by atoms with van der Waals surface area (Å²) in [5, 5.41) is 0. The molecule has 0 saturated heterocycles. The molecular formula is C12H16N2O2. The summed E-state index contributed by atoms with van der Waals surface area (Å²) in [6.45, 7) is 4.67. The third kappa shape index (κ3) is 1.75. The van der Waals surface area contributed by atoms with E-state index in [0.29, 0.717) is 6.54 Å². The molecule has 0 bridgehead atoms. The van der Waals surface area contributed by atoms with Gasteiger partial charge in [-0.05, 0) is 25.5 Å². The van der Waals surface area contributed by atoms with Crippen LogP contribution in [-0.2, 0) is 11.2 Å². The second-order valence-electron chi connectivity index (χ2n) is 4.08. The summed E-state index contributed by atoms with van der Waals surface area (Å²) in [5.41, 5.74) is 3.26. The van der Waals surface area contributed by atoms with Gasteiger partial charge in [-0.15, -0.1) is 0 Å². The van der Waals surface area contributed by atoms with E-state index in [1.54, 1.807) is 4.90 Å². The van der Waals surface area contributed by atoms with Crippen molar-refractivity contribution in [3.8, 4) is 0 Å². The molecule has 0 spiro atoms. The molecule has 0 aromatic carbocycles. The standard InChI is InChI=1S/C12H16N2O2/c1-8-4-5-10-9(2)14(12(15)16-3)7-6-11(10)13-8/h4-5,9H,6-7H2,1-3H3. The minimum atomic E-state index is -0.265. The second-order valence-corrected chi connectivity index (χ2v) is 4.08. The number of hydrogen-bond donors (Lipinski definition) is 0. The van der Waals surface area contributed by atoms with E-state index in [1.807, 2.05) is 19.9 Å².